The average molecular weight is 394 g/mol. The Hall–Kier alpha value is -3.07. The van der Waals surface area contributed by atoms with Crippen LogP contribution in [0.5, 0.6) is 0 Å². The van der Waals surface area contributed by atoms with Crippen molar-refractivity contribution in [1.82, 2.24) is 0 Å². The lowest BCUT2D eigenvalue weighted by atomic mass is 10.1. The fraction of sp³-hybridized carbons (Fsp3) is 0.167. The quantitative estimate of drug-likeness (QED) is 0.725. The van der Waals surface area contributed by atoms with Crippen molar-refractivity contribution < 1.29 is 36.4 Å². The van der Waals surface area contributed by atoms with Crippen LogP contribution in [0.3, 0.4) is 0 Å². The first kappa shape index (κ1) is 20.2. The average Bonchev–Trinajstić information content (AvgIpc) is 2.55. The van der Waals surface area contributed by atoms with Crippen LogP contribution in [0.1, 0.15) is 20.8 Å². The molecule has 0 radical (unpaired) electrons. The number of rotatable bonds is 5. The largest absolute Gasteiger partial charge is 0.742 e. The van der Waals surface area contributed by atoms with Crippen molar-refractivity contribution in [1.29, 1.82) is 0 Å². The second-order valence-electron chi connectivity index (χ2n) is 5.54. The predicted molar refractivity (Wildman–Crippen MR) is 92.5 cm³/mol. The van der Waals surface area contributed by atoms with Crippen molar-refractivity contribution in [3.63, 3.8) is 0 Å². The normalized spacial score (nSPS) is 10.9. The van der Waals surface area contributed by atoms with Crippen molar-refractivity contribution in [2.75, 3.05) is 0 Å². The van der Waals surface area contributed by atoms with E-state index in [1.807, 2.05) is 0 Å². The molecule has 0 heterocycles. The lowest BCUT2D eigenvalue weighted by Crippen LogP contribution is -2.59. The van der Waals surface area contributed by atoms with Crippen molar-refractivity contribution in [3.05, 3.63) is 54.1 Å². The minimum atomic E-state index is -4.19. The van der Waals surface area contributed by atoms with Crippen LogP contribution in [0.25, 0.3) is 11.1 Å². The van der Waals surface area contributed by atoms with Gasteiger partial charge in [0, 0.05) is 20.8 Å². The van der Waals surface area contributed by atoms with Gasteiger partial charge in [-0.2, -0.15) is 0 Å². The summed E-state index contributed by atoms with van der Waals surface area (Å²) in [7, 11) is -4.19. The summed E-state index contributed by atoms with van der Waals surface area (Å²) >= 11 is 0. The first-order valence-corrected chi connectivity index (χ1v) is 9.50. The maximum Gasteiger partial charge on any atom is 0.742 e. The summed E-state index contributed by atoms with van der Waals surface area (Å²) in [6, 6.07) is 9.30. The molecule has 6 nitrogen and oxygen atoms in total. The highest BCUT2D eigenvalue weighted by Crippen LogP contribution is 2.22. The van der Waals surface area contributed by atoms with E-state index in [1.165, 1.54) is 30.3 Å². The van der Waals surface area contributed by atoms with Crippen molar-refractivity contribution in [3.8, 4) is 11.1 Å². The third-order valence-electron chi connectivity index (χ3n) is 3.33. The molecule has 0 spiro atoms. The van der Waals surface area contributed by atoms with Crippen LogP contribution in [-0.2, 0) is 27.7 Å². The molecular weight excluding hydrogens is 378 g/mol. The van der Waals surface area contributed by atoms with Crippen LogP contribution in [0.15, 0.2) is 42.5 Å². The minimum Gasteiger partial charge on any atom is -0.452 e. The predicted octanol–water partition coefficient (Wildman–Crippen LogP) is 2.47. The molecule has 0 saturated heterocycles. The zero-order valence-electron chi connectivity index (χ0n) is 14.7. The number of hydrogen-bond donors (Lipinski definition) is 0. The molecule has 0 aromatic heterocycles. The zero-order valence-corrected chi connectivity index (χ0v) is 15.7. The summed E-state index contributed by atoms with van der Waals surface area (Å²) in [6.07, 6.45) is 0. The van der Waals surface area contributed by atoms with Gasteiger partial charge >= 0.3 is 8.80 Å². The first-order chi connectivity index (χ1) is 12.6. The highest BCUT2D eigenvalue weighted by atomic mass is 28.4. The molecule has 27 heavy (non-hydrogen) atoms. The van der Waals surface area contributed by atoms with E-state index in [0.717, 1.165) is 32.9 Å². The van der Waals surface area contributed by atoms with Gasteiger partial charge in [-0.05, 0) is 23.3 Å². The van der Waals surface area contributed by atoms with Gasteiger partial charge < -0.3 is 13.3 Å². The Balaban J connectivity index is 2.48. The molecular formula is C18H16F2O6Si. The molecule has 142 valence electrons. The molecule has 2 rings (SSSR count). The van der Waals surface area contributed by atoms with Crippen LogP contribution in [-0.4, -0.2) is 26.7 Å². The van der Waals surface area contributed by atoms with E-state index in [4.69, 9.17) is 13.3 Å². The third-order valence-corrected chi connectivity index (χ3v) is 6.03. The van der Waals surface area contributed by atoms with Crippen LogP contribution >= 0.6 is 0 Å². The SMILES string of the molecule is CC(=O)O[Si](OC(C)=O)(OC(C)=O)c1ccc(-c2ccc(F)c(F)c2)cc1. The number of carbonyl (C=O) groups excluding carboxylic acids is 3. The van der Waals surface area contributed by atoms with Gasteiger partial charge in [0.1, 0.15) is 0 Å². The van der Waals surface area contributed by atoms with Crippen molar-refractivity contribution in [2.45, 2.75) is 20.8 Å². The highest BCUT2D eigenvalue weighted by molar-refractivity contribution is 6.79. The molecule has 0 aliphatic heterocycles. The van der Waals surface area contributed by atoms with Gasteiger partial charge in [-0.3, -0.25) is 14.4 Å². The molecule has 0 fully saturated rings. The van der Waals surface area contributed by atoms with Gasteiger partial charge in [-0.1, -0.05) is 30.3 Å². The summed E-state index contributed by atoms with van der Waals surface area (Å²) < 4.78 is 41.9. The molecule has 2 aromatic rings. The molecule has 0 unspecified atom stereocenters. The summed E-state index contributed by atoms with van der Waals surface area (Å²) in [5.74, 6) is -4.36. The highest BCUT2D eigenvalue weighted by Gasteiger charge is 2.54. The fourth-order valence-electron chi connectivity index (χ4n) is 2.35. The van der Waals surface area contributed by atoms with E-state index in [9.17, 15) is 23.2 Å². The van der Waals surface area contributed by atoms with Crippen LogP contribution < -0.4 is 5.19 Å². The topological polar surface area (TPSA) is 78.9 Å². The second kappa shape index (κ2) is 8.08. The standard InChI is InChI=1S/C18H16F2O6Si/c1-11(21)24-27(25-12(2)22,26-13(3)23)16-7-4-14(5-8-16)15-6-9-17(19)18(20)10-15/h4-10H,1-3H3. The van der Waals surface area contributed by atoms with E-state index in [1.54, 1.807) is 0 Å². The van der Waals surface area contributed by atoms with Gasteiger partial charge in [0.15, 0.2) is 11.6 Å². The summed E-state index contributed by atoms with van der Waals surface area (Å²) in [4.78, 5) is 34.5. The fourth-order valence-corrected chi connectivity index (χ4v) is 4.54. The third kappa shape index (κ3) is 4.97. The van der Waals surface area contributed by atoms with E-state index in [-0.39, 0.29) is 5.19 Å². The van der Waals surface area contributed by atoms with Crippen LogP contribution in [0.2, 0.25) is 0 Å². The first-order valence-electron chi connectivity index (χ1n) is 7.77. The van der Waals surface area contributed by atoms with E-state index in [0.29, 0.717) is 11.1 Å². The molecule has 0 amide bonds. The lowest BCUT2D eigenvalue weighted by Gasteiger charge is -2.26. The molecule has 0 N–H and O–H groups in total. The smallest absolute Gasteiger partial charge is 0.452 e. The molecule has 9 heteroatoms. The Morgan fingerprint density at radius 1 is 0.704 bits per heavy atom. The van der Waals surface area contributed by atoms with E-state index < -0.39 is 38.3 Å². The number of halogens is 2. The molecule has 0 aliphatic carbocycles. The number of carbonyl (C=O) groups is 3. The molecule has 0 atom stereocenters. The minimum absolute atomic E-state index is 0.175. The van der Waals surface area contributed by atoms with Crippen LogP contribution in [0, 0.1) is 11.6 Å². The summed E-state index contributed by atoms with van der Waals surface area (Å²) in [5.41, 5.74) is 0.925. The van der Waals surface area contributed by atoms with Gasteiger partial charge in [-0.25, -0.2) is 8.78 Å². The Bertz CT molecular complexity index is 841. The Morgan fingerprint density at radius 2 is 1.15 bits per heavy atom. The maximum atomic E-state index is 13.4. The Labute approximate surface area is 155 Å². The van der Waals surface area contributed by atoms with Gasteiger partial charge in [-0.15, -0.1) is 0 Å². The number of hydrogen-bond acceptors (Lipinski definition) is 6. The molecule has 0 bridgehead atoms. The van der Waals surface area contributed by atoms with Crippen LogP contribution in [0.4, 0.5) is 8.78 Å². The Morgan fingerprint density at radius 3 is 1.56 bits per heavy atom. The maximum absolute atomic E-state index is 13.4. The van der Waals surface area contributed by atoms with Crippen molar-refractivity contribution in [2.24, 2.45) is 0 Å². The van der Waals surface area contributed by atoms with Gasteiger partial charge in [0.05, 0.1) is 5.19 Å². The van der Waals surface area contributed by atoms with E-state index >= 15 is 0 Å². The van der Waals surface area contributed by atoms with E-state index in [2.05, 4.69) is 0 Å². The number of benzene rings is 2. The lowest BCUT2D eigenvalue weighted by molar-refractivity contribution is -0.146. The summed E-state index contributed by atoms with van der Waals surface area (Å²) in [6.45, 7) is 3.26. The molecule has 0 aliphatic rings. The second-order valence-corrected chi connectivity index (χ2v) is 7.85. The zero-order chi connectivity index (χ0) is 20.2. The van der Waals surface area contributed by atoms with Crippen molar-refractivity contribution >= 4 is 31.9 Å². The summed E-state index contributed by atoms with van der Waals surface area (Å²) in [5, 5.41) is 0.175. The van der Waals surface area contributed by atoms with Gasteiger partial charge in [0.25, 0.3) is 17.9 Å². The van der Waals surface area contributed by atoms with Gasteiger partial charge in [0.2, 0.25) is 0 Å². The molecule has 0 saturated carbocycles. The Kier molecular flexibility index (Phi) is 6.06. The monoisotopic (exact) mass is 394 g/mol. The molecule has 2 aromatic carbocycles.